The van der Waals surface area contributed by atoms with Gasteiger partial charge >= 0.3 is 5.97 Å². The molecule has 0 bridgehead atoms. The smallest absolute Gasteiger partial charge is 0.339 e. The van der Waals surface area contributed by atoms with Crippen molar-refractivity contribution in [3.8, 4) is 0 Å². The zero-order valence-electron chi connectivity index (χ0n) is 9.65. The molecule has 1 aliphatic rings. The molecular weight excluding hydrogens is 218 g/mol. The van der Waals surface area contributed by atoms with Crippen molar-refractivity contribution in [2.24, 2.45) is 0 Å². The maximum atomic E-state index is 10.9. The van der Waals surface area contributed by atoms with Crippen molar-refractivity contribution < 1.29 is 9.90 Å². The van der Waals surface area contributed by atoms with Gasteiger partial charge in [-0.3, -0.25) is 0 Å². The van der Waals surface area contributed by atoms with Crippen LogP contribution in [0.25, 0.3) is 0 Å². The van der Waals surface area contributed by atoms with Gasteiger partial charge in [-0.2, -0.15) is 0 Å². The molecule has 0 unspecified atom stereocenters. The second-order valence-electron chi connectivity index (χ2n) is 4.21. The van der Waals surface area contributed by atoms with Crippen LogP contribution in [-0.2, 0) is 0 Å². The fraction of sp³-hybridized carbons (Fsp3) is 0.500. The molecule has 1 aromatic heterocycles. The Morgan fingerprint density at radius 1 is 1.47 bits per heavy atom. The van der Waals surface area contributed by atoms with Crippen LogP contribution in [0.15, 0.2) is 18.3 Å². The lowest BCUT2D eigenvalue weighted by Crippen LogP contribution is -2.20. The number of aromatic carboxylic acids is 1. The highest BCUT2D eigenvalue weighted by Crippen LogP contribution is 2.18. The third kappa shape index (κ3) is 3.71. The molecule has 0 atom stereocenters. The van der Waals surface area contributed by atoms with Gasteiger partial charge in [-0.1, -0.05) is 0 Å². The van der Waals surface area contributed by atoms with Crippen LogP contribution in [0.3, 0.4) is 0 Å². The molecule has 5 nitrogen and oxygen atoms in total. The molecule has 0 aromatic carbocycles. The molecule has 2 rings (SSSR count). The molecule has 0 amide bonds. The summed E-state index contributed by atoms with van der Waals surface area (Å²) in [4.78, 5) is 14.9. The lowest BCUT2D eigenvalue weighted by molar-refractivity contribution is 0.0697. The van der Waals surface area contributed by atoms with E-state index in [2.05, 4.69) is 15.6 Å². The van der Waals surface area contributed by atoms with Gasteiger partial charge in [0.25, 0.3) is 0 Å². The Kier molecular flexibility index (Phi) is 3.93. The summed E-state index contributed by atoms with van der Waals surface area (Å²) in [6, 6.07) is 3.91. The normalized spacial score (nSPS) is 14.6. The number of nitrogens with zero attached hydrogens (tertiary/aromatic N) is 1. The molecule has 5 heteroatoms. The average Bonchev–Trinajstić information content (AvgIpc) is 3.13. The van der Waals surface area contributed by atoms with E-state index in [4.69, 9.17) is 5.11 Å². The summed E-state index contributed by atoms with van der Waals surface area (Å²) in [6.07, 6.45) is 5.14. The third-order valence-electron chi connectivity index (χ3n) is 2.69. The number of hydrogen-bond acceptors (Lipinski definition) is 4. The molecule has 1 saturated carbocycles. The van der Waals surface area contributed by atoms with Crippen LogP contribution < -0.4 is 10.6 Å². The van der Waals surface area contributed by atoms with E-state index >= 15 is 0 Å². The van der Waals surface area contributed by atoms with E-state index < -0.39 is 5.97 Å². The molecule has 1 aromatic rings. The monoisotopic (exact) mass is 235 g/mol. The van der Waals surface area contributed by atoms with Gasteiger partial charge in [0.2, 0.25) is 0 Å². The summed E-state index contributed by atoms with van der Waals surface area (Å²) >= 11 is 0. The molecule has 0 saturated heterocycles. The number of anilines is 1. The van der Waals surface area contributed by atoms with Crippen molar-refractivity contribution in [2.75, 3.05) is 18.4 Å². The Morgan fingerprint density at radius 2 is 2.29 bits per heavy atom. The van der Waals surface area contributed by atoms with Crippen LogP contribution in [-0.4, -0.2) is 35.2 Å². The topological polar surface area (TPSA) is 74.2 Å². The largest absolute Gasteiger partial charge is 0.478 e. The van der Waals surface area contributed by atoms with Crippen LogP contribution in [0.2, 0.25) is 0 Å². The number of pyridine rings is 1. The van der Waals surface area contributed by atoms with Crippen molar-refractivity contribution in [1.82, 2.24) is 10.3 Å². The van der Waals surface area contributed by atoms with Crippen LogP contribution in [0.5, 0.6) is 0 Å². The zero-order chi connectivity index (χ0) is 12.1. The Labute approximate surface area is 100 Å². The quantitative estimate of drug-likeness (QED) is 0.622. The van der Waals surface area contributed by atoms with Crippen LogP contribution in [0.1, 0.15) is 29.6 Å². The molecule has 0 radical (unpaired) electrons. The molecule has 0 aliphatic heterocycles. The summed E-state index contributed by atoms with van der Waals surface area (Å²) in [5.74, 6) is -0.497. The second kappa shape index (κ2) is 5.63. The molecule has 1 aliphatic carbocycles. The van der Waals surface area contributed by atoms with Gasteiger partial charge in [-0.25, -0.2) is 9.78 Å². The van der Waals surface area contributed by atoms with Crippen molar-refractivity contribution in [3.05, 3.63) is 23.9 Å². The number of carbonyl (C=O) groups is 1. The number of hydrogen-bond donors (Lipinski definition) is 3. The Morgan fingerprint density at radius 3 is 3.00 bits per heavy atom. The van der Waals surface area contributed by atoms with Gasteiger partial charge in [0.05, 0.1) is 0 Å². The first-order valence-electron chi connectivity index (χ1n) is 5.93. The lowest BCUT2D eigenvalue weighted by Gasteiger charge is -2.08. The predicted octanol–water partition coefficient (Wildman–Crippen LogP) is 1.33. The first kappa shape index (κ1) is 11.9. The predicted molar refractivity (Wildman–Crippen MR) is 65.3 cm³/mol. The summed E-state index contributed by atoms with van der Waals surface area (Å²) < 4.78 is 0. The van der Waals surface area contributed by atoms with E-state index in [9.17, 15) is 4.79 Å². The van der Waals surface area contributed by atoms with E-state index in [1.165, 1.54) is 12.8 Å². The van der Waals surface area contributed by atoms with Gasteiger partial charge < -0.3 is 15.7 Å². The first-order chi connectivity index (χ1) is 8.27. The van der Waals surface area contributed by atoms with Crippen LogP contribution >= 0.6 is 0 Å². The second-order valence-corrected chi connectivity index (χ2v) is 4.21. The highest BCUT2D eigenvalue weighted by Gasteiger charge is 2.19. The molecule has 0 spiro atoms. The van der Waals surface area contributed by atoms with Crippen LogP contribution in [0, 0.1) is 0 Å². The van der Waals surface area contributed by atoms with E-state index in [0.717, 1.165) is 25.6 Å². The van der Waals surface area contributed by atoms with Crippen molar-refractivity contribution in [3.63, 3.8) is 0 Å². The van der Waals surface area contributed by atoms with Gasteiger partial charge in [0.15, 0.2) is 0 Å². The summed E-state index contributed by atoms with van der Waals surface area (Å²) in [5, 5.41) is 15.4. The number of nitrogens with one attached hydrogen (secondary N) is 2. The van der Waals surface area contributed by atoms with E-state index in [1.54, 1.807) is 18.3 Å². The fourth-order valence-corrected chi connectivity index (χ4v) is 1.61. The summed E-state index contributed by atoms with van der Waals surface area (Å²) in [6.45, 7) is 1.70. The minimum atomic E-state index is -0.947. The Hall–Kier alpha value is -1.62. The van der Waals surface area contributed by atoms with Gasteiger partial charge in [-0.05, 0) is 37.9 Å². The Balaban J connectivity index is 1.75. The number of aromatic nitrogens is 1. The maximum Gasteiger partial charge on any atom is 0.339 e. The van der Waals surface area contributed by atoms with Gasteiger partial charge in [-0.15, -0.1) is 0 Å². The SMILES string of the molecule is O=C(O)c1cccnc1NCCCNC1CC1. The summed E-state index contributed by atoms with van der Waals surface area (Å²) in [7, 11) is 0. The average molecular weight is 235 g/mol. The fourth-order valence-electron chi connectivity index (χ4n) is 1.61. The third-order valence-corrected chi connectivity index (χ3v) is 2.69. The van der Waals surface area contributed by atoms with E-state index in [1.807, 2.05) is 0 Å². The standard InChI is InChI=1S/C12H17N3O2/c16-12(17)10-3-1-6-14-11(10)15-8-2-7-13-9-4-5-9/h1,3,6,9,13H,2,4-5,7-8H2,(H,14,15)(H,16,17). The number of rotatable bonds is 7. The van der Waals surface area contributed by atoms with Gasteiger partial charge in [0.1, 0.15) is 11.4 Å². The molecule has 1 heterocycles. The number of carboxylic acids is 1. The first-order valence-corrected chi connectivity index (χ1v) is 5.93. The molecular formula is C12H17N3O2. The lowest BCUT2D eigenvalue weighted by atomic mass is 10.2. The van der Waals surface area contributed by atoms with E-state index in [-0.39, 0.29) is 5.56 Å². The molecule has 3 N–H and O–H groups in total. The van der Waals surface area contributed by atoms with Crippen molar-refractivity contribution in [1.29, 1.82) is 0 Å². The minimum absolute atomic E-state index is 0.225. The maximum absolute atomic E-state index is 10.9. The number of carboxylic acid groups (broad SMARTS) is 1. The van der Waals surface area contributed by atoms with Crippen molar-refractivity contribution in [2.45, 2.75) is 25.3 Å². The summed E-state index contributed by atoms with van der Waals surface area (Å²) in [5.41, 5.74) is 0.225. The van der Waals surface area contributed by atoms with Gasteiger partial charge in [0, 0.05) is 18.8 Å². The minimum Gasteiger partial charge on any atom is -0.478 e. The zero-order valence-corrected chi connectivity index (χ0v) is 9.65. The highest BCUT2D eigenvalue weighted by atomic mass is 16.4. The molecule has 1 fully saturated rings. The van der Waals surface area contributed by atoms with Crippen LogP contribution in [0.4, 0.5) is 5.82 Å². The highest BCUT2D eigenvalue weighted by molar-refractivity contribution is 5.92. The van der Waals surface area contributed by atoms with E-state index in [0.29, 0.717) is 5.82 Å². The molecule has 17 heavy (non-hydrogen) atoms. The van der Waals surface area contributed by atoms with Crippen molar-refractivity contribution >= 4 is 11.8 Å². The Bertz CT molecular complexity index is 391. The molecule has 92 valence electrons.